The van der Waals surface area contributed by atoms with Crippen LogP contribution in [0.4, 0.5) is 0 Å². The van der Waals surface area contributed by atoms with Crippen LogP contribution >= 0.6 is 0 Å². The summed E-state index contributed by atoms with van der Waals surface area (Å²) in [6.45, 7) is 5.45. The Balaban J connectivity index is 2.64. The Hall–Kier alpha value is -1.09. The highest BCUT2D eigenvalue weighted by atomic mass is 16.5. The second-order valence-electron chi connectivity index (χ2n) is 3.41. The largest absolute Gasteiger partial charge is 0.489 e. The normalized spacial score (nSPS) is 10.6. The van der Waals surface area contributed by atoms with E-state index in [0.717, 1.165) is 5.75 Å². The van der Waals surface area contributed by atoms with Crippen LogP contribution in [0, 0.1) is 0 Å². The highest BCUT2D eigenvalue weighted by molar-refractivity contribution is 5.32. The average molecular weight is 195 g/mol. The fourth-order valence-electron chi connectivity index (χ4n) is 1.22. The zero-order valence-electron chi connectivity index (χ0n) is 8.99. The lowest BCUT2D eigenvalue weighted by molar-refractivity contribution is 0.145. The molecule has 3 nitrogen and oxygen atoms in total. The molecule has 0 spiro atoms. The first-order chi connectivity index (χ1) is 6.75. The van der Waals surface area contributed by atoms with E-state index in [1.165, 1.54) is 5.56 Å². The van der Waals surface area contributed by atoms with Crippen molar-refractivity contribution in [1.82, 2.24) is 4.98 Å². The van der Waals surface area contributed by atoms with Gasteiger partial charge in [-0.25, -0.2) is 0 Å². The zero-order valence-corrected chi connectivity index (χ0v) is 8.99. The molecule has 3 heteroatoms. The van der Waals surface area contributed by atoms with Crippen molar-refractivity contribution in [2.45, 2.75) is 19.8 Å². The van der Waals surface area contributed by atoms with Gasteiger partial charge >= 0.3 is 0 Å². The Morgan fingerprint density at radius 2 is 2.14 bits per heavy atom. The van der Waals surface area contributed by atoms with Crippen LogP contribution < -0.4 is 4.74 Å². The van der Waals surface area contributed by atoms with E-state index in [4.69, 9.17) is 9.47 Å². The van der Waals surface area contributed by atoms with Crippen LogP contribution in [0.2, 0.25) is 0 Å². The third-order valence-corrected chi connectivity index (χ3v) is 1.98. The highest BCUT2D eigenvalue weighted by Gasteiger charge is 2.06. The topological polar surface area (TPSA) is 31.4 Å². The predicted molar refractivity (Wildman–Crippen MR) is 55.7 cm³/mol. The lowest BCUT2D eigenvalue weighted by atomic mass is 10.0. The summed E-state index contributed by atoms with van der Waals surface area (Å²) in [5.41, 5.74) is 1.19. The molecule has 0 aliphatic carbocycles. The Labute approximate surface area is 85.1 Å². The molecule has 0 radical (unpaired) electrons. The fourth-order valence-corrected chi connectivity index (χ4v) is 1.22. The molecule has 0 amide bonds. The Morgan fingerprint density at radius 3 is 2.79 bits per heavy atom. The van der Waals surface area contributed by atoms with Gasteiger partial charge in [-0.05, 0) is 17.5 Å². The van der Waals surface area contributed by atoms with Gasteiger partial charge < -0.3 is 9.47 Å². The van der Waals surface area contributed by atoms with E-state index >= 15 is 0 Å². The minimum Gasteiger partial charge on any atom is -0.489 e. The van der Waals surface area contributed by atoms with E-state index in [2.05, 4.69) is 18.8 Å². The average Bonchev–Trinajstić information content (AvgIpc) is 2.19. The van der Waals surface area contributed by atoms with Crippen molar-refractivity contribution < 1.29 is 9.47 Å². The van der Waals surface area contributed by atoms with Crippen molar-refractivity contribution in [3.05, 3.63) is 24.0 Å². The van der Waals surface area contributed by atoms with Crippen LogP contribution in [0.15, 0.2) is 18.5 Å². The minimum atomic E-state index is 0.454. The van der Waals surface area contributed by atoms with Crippen molar-refractivity contribution in [3.8, 4) is 5.75 Å². The molecule has 0 fully saturated rings. The number of rotatable bonds is 5. The molecular formula is C11H17NO2. The van der Waals surface area contributed by atoms with Gasteiger partial charge in [-0.3, -0.25) is 4.98 Å². The summed E-state index contributed by atoms with van der Waals surface area (Å²) < 4.78 is 10.5. The molecule has 0 aliphatic rings. The molecule has 14 heavy (non-hydrogen) atoms. The monoisotopic (exact) mass is 195 g/mol. The number of hydrogen-bond acceptors (Lipinski definition) is 3. The maximum absolute atomic E-state index is 5.55. The second kappa shape index (κ2) is 5.60. The van der Waals surface area contributed by atoms with E-state index in [9.17, 15) is 0 Å². The third kappa shape index (κ3) is 3.00. The van der Waals surface area contributed by atoms with Gasteiger partial charge in [-0.2, -0.15) is 0 Å². The maximum Gasteiger partial charge on any atom is 0.141 e. The van der Waals surface area contributed by atoms with Crippen LogP contribution in [0.1, 0.15) is 25.3 Å². The smallest absolute Gasteiger partial charge is 0.141 e. The molecule has 1 aromatic rings. The van der Waals surface area contributed by atoms with Crippen molar-refractivity contribution >= 4 is 0 Å². The lowest BCUT2D eigenvalue weighted by Crippen LogP contribution is -2.06. The summed E-state index contributed by atoms with van der Waals surface area (Å²) in [6, 6.07) is 1.99. The summed E-state index contributed by atoms with van der Waals surface area (Å²) in [7, 11) is 1.66. The number of methoxy groups -OCH3 is 1. The fraction of sp³-hybridized carbons (Fsp3) is 0.545. The molecule has 0 aliphatic heterocycles. The molecule has 1 rings (SSSR count). The van der Waals surface area contributed by atoms with E-state index in [1.54, 1.807) is 19.5 Å². The quantitative estimate of drug-likeness (QED) is 0.675. The molecule has 0 atom stereocenters. The molecule has 78 valence electrons. The third-order valence-electron chi connectivity index (χ3n) is 1.98. The van der Waals surface area contributed by atoms with Gasteiger partial charge in [0.1, 0.15) is 12.4 Å². The summed E-state index contributed by atoms with van der Waals surface area (Å²) in [6.07, 6.45) is 3.55. The van der Waals surface area contributed by atoms with Crippen LogP contribution in [0.3, 0.4) is 0 Å². The molecule has 1 heterocycles. The first-order valence-corrected chi connectivity index (χ1v) is 4.81. The van der Waals surface area contributed by atoms with E-state index in [-0.39, 0.29) is 0 Å². The summed E-state index contributed by atoms with van der Waals surface area (Å²) in [4.78, 5) is 4.04. The van der Waals surface area contributed by atoms with Crippen LogP contribution in [-0.4, -0.2) is 25.3 Å². The SMILES string of the molecule is COCCOc1cnccc1C(C)C. The van der Waals surface area contributed by atoms with E-state index in [0.29, 0.717) is 19.1 Å². The van der Waals surface area contributed by atoms with Crippen molar-refractivity contribution in [2.75, 3.05) is 20.3 Å². The number of ether oxygens (including phenoxy) is 2. The first-order valence-electron chi connectivity index (χ1n) is 4.81. The van der Waals surface area contributed by atoms with Crippen LogP contribution in [-0.2, 0) is 4.74 Å². The highest BCUT2D eigenvalue weighted by Crippen LogP contribution is 2.24. The molecule has 0 saturated carbocycles. The van der Waals surface area contributed by atoms with Crippen molar-refractivity contribution in [1.29, 1.82) is 0 Å². The van der Waals surface area contributed by atoms with Crippen LogP contribution in [0.5, 0.6) is 5.75 Å². The lowest BCUT2D eigenvalue weighted by Gasteiger charge is -2.12. The number of pyridine rings is 1. The molecule has 0 unspecified atom stereocenters. The van der Waals surface area contributed by atoms with E-state index < -0.39 is 0 Å². The van der Waals surface area contributed by atoms with Crippen LogP contribution in [0.25, 0.3) is 0 Å². The summed E-state index contributed by atoms with van der Waals surface area (Å²) in [5, 5.41) is 0. The number of nitrogens with zero attached hydrogens (tertiary/aromatic N) is 1. The van der Waals surface area contributed by atoms with E-state index in [1.807, 2.05) is 6.07 Å². The Morgan fingerprint density at radius 1 is 1.36 bits per heavy atom. The Kier molecular flexibility index (Phi) is 4.40. The van der Waals surface area contributed by atoms with Gasteiger partial charge in [0.25, 0.3) is 0 Å². The van der Waals surface area contributed by atoms with Gasteiger partial charge in [0.2, 0.25) is 0 Å². The van der Waals surface area contributed by atoms with Gasteiger partial charge in [0.15, 0.2) is 0 Å². The molecule has 0 bridgehead atoms. The first kappa shape index (κ1) is 11.0. The zero-order chi connectivity index (χ0) is 10.4. The van der Waals surface area contributed by atoms with Gasteiger partial charge in [-0.1, -0.05) is 13.8 Å². The molecule has 0 saturated heterocycles. The summed E-state index contributed by atoms with van der Waals surface area (Å²) >= 11 is 0. The molecular weight excluding hydrogens is 178 g/mol. The number of aromatic nitrogens is 1. The summed E-state index contributed by atoms with van der Waals surface area (Å²) in [5.74, 6) is 1.31. The number of hydrogen-bond donors (Lipinski definition) is 0. The maximum atomic E-state index is 5.55. The van der Waals surface area contributed by atoms with Gasteiger partial charge in [0, 0.05) is 13.3 Å². The minimum absolute atomic E-state index is 0.454. The molecule has 0 N–H and O–H groups in total. The standard InChI is InChI=1S/C11H17NO2/c1-9(2)10-4-5-12-8-11(10)14-7-6-13-3/h4-5,8-9H,6-7H2,1-3H3. The molecule has 0 aromatic carbocycles. The van der Waals surface area contributed by atoms with Crippen molar-refractivity contribution in [3.63, 3.8) is 0 Å². The molecule has 1 aromatic heterocycles. The van der Waals surface area contributed by atoms with Crippen molar-refractivity contribution in [2.24, 2.45) is 0 Å². The van der Waals surface area contributed by atoms with Gasteiger partial charge in [-0.15, -0.1) is 0 Å². The Bertz CT molecular complexity index is 274. The predicted octanol–water partition coefficient (Wildman–Crippen LogP) is 2.23. The second-order valence-corrected chi connectivity index (χ2v) is 3.41. The van der Waals surface area contributed by atoms with Gasteiger partial charge in [0.05, 0.1) is 12.8 Å².